The second-order valence-corrected chi connectivity index (χ2v) is 5.40. The van der Waals surface area contributed by atoms with E-state index in [9.17, 15) is 4.39 Å². The fraction of sp³-hybridized carbons (Fsp3) is 0.333. The molecule has 1 atom stereocenters. The molecule has 0 fully saturated rings. The van der Waals surface area contributed by atoms with Crippen molar-refractivity contribution in [1.29, 1.82) is 0 Å². The first kappa shape index (κ1) is 15.5. The number of likely N-dealkylation sites (N-methyl/N-ethyl adjacent to an activating group) is 1. The molecule has 0 spiro atoms. The Hall–Kier alpha value is -1.87. The number of benzene rings is 2. The lowest BCUT2D eigenvalue weighted by molar-refractivity contribution is 0.302. The summed E-state index contributed by atoms with van der Waals surface area (Å²) in [5.41, 5.74) is 3.32. The molecule has 0 heterocycles. The van der Waals surface area contributed by atoms with Crippen molar-refractivity contribution >= 4 is 0 Å². The van der Waals surface area contributed by atoms with Gasteiger partial charge >= 0.3 is 0 Å². The minimum atomic E-state index is -0.271. The van der Waals surface area contributed by atoms with Gasteiger partial charge in [0.05, 0.1) is 0 Å². The van der Waals surface area contributed by atoms with Gasteiger partial charge in [0, 0.05) is 12.6 Å². The van der Waals surface area contributed by atoms with Crippen molar-refractivity contribution in [2.24, 2.45) is 0 Å². The summed E-state index contributed by atoms with van der Waals surface area (Å²) < 4.78 is 18.9. The van der Waals surface area contributed by atoms with Crippen LogP contribution in [0, 0.1) is 12.7 Å². The third-order valence-corrected chi connectivity index (χ3v) is 3.60. The van der Waals surface area contributed by atoms with E-state index in [1.165, 1.54) is 17.7 Å². The van der Waals surface area contributed by atoms with Gasteiger partial charge in [-0.1, -0.05) is 37.3 Å². The summed E-state index contributed by atoms with van der Waals surface area (Å²) >= 11 is 0. The minimum Gasteiger partial charge on any atom is -0.489 e. The molecule has 2 aromatic carbocycles. The Morgan fingerprint density at radius 3 is 2.52 bits per heavy atom. The third kappa shape index (κ3) is 4.30. The maximum Gasteiger partial charge on any atom is 0.126 e. The van der Waals surface area contributed by atoms with E-state index >= 15 is 0 Å². The number of ether oxygens (including phenoxy) is 1. The molecule has 0 amide bonds. The van der Waals surface area contributed by atoms with Gasteiger partial charge in [0.2, 0.25) is 0 Å². The lowest BCUT2D eigenvalue weighted by atomic mass is 10.00. The second-order valence-electron chi connectivity index (χ2n) is 5.40. The molecule has 0 bridgehead atoms. The van der Waals surface area contributed by atoms with Crippen molar-refractivity contribution in [1.82, 2.24) is 5.32 Å². The van der Waals surface area contributed by atoms with Crippen molar-refractivity contribution < 1.29 is 9.13 Å². The van der Waals surface area contributed by atoms with Gasteiger partial charge in [-0.3, -0.25) is 0 Å². The molecule has 0 aliphatic heterocycles. The molecule has 2 aromatic rings. The minimum absolute atomic E-state index is 0.271. The standard InChI is InChI=1S/C18H22FNO/c1-13-4-9-17(19)10-18(13)21-12-15-5-7-16(8-6-15)14(2)11-20-3/h4-10,14,20H,11-12H2,1-3H3. The molecule has 2 nitrogen and oxygen atoms in total. The Morgan fingerprint density at radius 2 is 1.86 bits per heavy atom. The van der Waals surface area contributed by atoms with E-state index in [0.717, 1.165) is 17.7 Å². The number of hydrogen-bond donors (Lipinski definition) is 1. The molecule has 0 radical (unpaired) electrons. The Balaban J connectivity index is 1.99. The lowest BCUT2D eigenvalue weighted by Gasteiger charge is -2.13. The van der Waals surface area contributed by atoms with Crippen LogP contribution in [0.1, 0.15) is 29.5 Å². The molecule has 0 aliphatic rings. The van der Waals surface area contributed by atoms with Gasteiger partial charge < -0.3 is 10.1 Å². The zero-order valence-corrected chi connectivity index (χ0v) is 12.8. The van der Waals surface area contributed by atoms with E-state index in [-0.39, 0.29) is 5.82 Å². The highest BCUT2D eigenvalue weighted by Crippen LogP contribution is 2.21. The SMILES string of the molecule is CNCC(C)c1ccc(COc2cc(F)ccc2C)cc1. The first-order valence-electron chi connectivity index (χ1n) is 7.22. The summed E-state index contributed by atoms with van der Waals surface area (Å²) in [5, 5.41) is 3.18. The third-order valence-electron chi connectivity index (χ3n) is 3.60. The van der Waals surface area contributed by atoms with Crippen LogP contribution in [0.5, 0.6) is 5.75 Å². The van der Waals surface area contributed by atoms with Crippen LogP contribution in [0.25, 0.3) is 0 Å². The van der Waals surface area contributed by atoms with Crippen LogP contribution in [0.15, 0.2) is 42.5 Å². The first-order valence-corrected chi connectivity index (χ1v) is 7.22. The largest absolute Gasteiger partial charge is 0.489 e. The summed E-state index contributed by atoms with van der Waals surface area (Å²) in [6, 6.07) is 13.0. The Labute approximate surface area is 126 Å². The Bertz CT molecular complexity index is 580. The molecular formula is C18H22FNO. The molecule has 0 saturated heterocycles. The second kappa shape index (κ2) is 7.23. The molecule has 21 heavy (non-hydrogen) atoms. The molecule has 0 saturated carbocycles. The fourth-order valence-electron chi connectivity index (χ4n) is 2.26. The van der Waals surface area contributed by atoms with E-state index in [4.69, 9.17) is 4.74 Å². The molecular weight excluding hydrogens is 265 g/mol. The van der Waals surface area contributed by atoms with Gasteiger partial charge in [0.15, 0.2) is 0 Å². The van der Waals surface area contributed by atoms with Crippen LogP contribution in [-0.2, 0) is 6.61 Å². The Kier molecular flexibility index (Phi) is 5.34. The zero-order chi connectivity index (χ0) is 15.2. The van der Waals surface area contributed by atoms with E-state index in [2.05, 4.69) is 36.5 Å². The zero-order valence-electron chi connectivity index (χ0n) is 12.8. The smallest absolute Gasteiger partial charge is 0.126 e. The highest BCUT2D eigenvalue weighted by Gasteiger charge is 2.05. The summed E-state index contributed by atoms with van der Waals surface area (Å²) in [5.74, 6) is 0.810. The van der Waals surface area contributed by atoms with Gasteiger partial charge in [-0.25, -0.2) is 4.39 Å². The summed E-state index contributed by atoms with van der Waals surface area (Å²) in [7, 11) is 1.96. The highest BCUT2D eigenvalue weighted by molar-refractivity contribution is 5.33. The van der Waals surface area contributed by atoms with Gasteiger partial charge in [0.1, 0.15) is 18.2 Å². The van der Waals surface area contributed by atoms with Crippen molar-refractivity contribution in [2.75, 3.05) is 13.6 Å². The fourth-order valence-corrected chi connectivity index (χ4v) is 2.26. The molecule has 1 N–H and O–H groups in total. The molecule has 3 heteroatoms. The average molecular weight is 287 g/mol. The van der Waals surface area contributed by atoms with Crippen molar-refractivity contribution in [3.05, 3.63) is 65.0 Å². The maximum absolute atomic E-state index is 13.2. The van der Waals surface area contributed by atoms with Crippen LogP contribution < -0.4 is 10.1 Å². The number of aryl methyl sites for hydroxylation is 1. The van der Waals surface area contributed by atoms with Gasteiger partial charge in [0.25, 0.3) is 0 Å². The number of hydrogen-bond acceptors (Lipinski definition) is 2. The number of rotatable bonds is 6. The molecule has 1 unspecified atom stereocenters. The van der Waals surface area contributed by atoms with Gasteiger partial charge in [-0.15, -0.1) is 0 Å². The van der Waals surface area contributed by atoms with E-state index < -0.39 is 0 Å². The number of halogens is 1. The Morgan fingerprint density at radius 1 is 1.14 bits per heavy atom. The summed E-state index contributed by atoms with van der Waals surface area (Å²) in [6.07, 6.45) is 0. The van der Waals surface area contributed by atoms with Crippen molar-refractivity contribution in [2.45, 2.75) is 26.4 Å². The topological polar surface area (TPSA) is 21.3 Å². The monoisotopic (exact) mass is 287 g/mol. The molecule has 2 rings (SSSR count). The van der Waals surface area contributed by atoms with Crippen LogP contribution >= 0.6 is 0 Å². The molecule has 0 aliphatic carbocycles. The van der Waals surface area contributed by atoms with Crippen molar-refractivity contribution in [3.8, 4) is 5.75 Å². The first-order chi connectivity index (χ1) is 10.1. The summed E-state index contributed by atoms with van der Waals surface area (Å²) in [4.78, 5) is 0. The predicted octanol–water partition coefficient (Wildman–Crippen LogP) is 4.04. The highest BCUT2D eigenvalue weighted by atomic mass is 19.1. The maximum atomic E-state index is 13.2. The van der Waals surface area contributed by atoms with E-state index in [1.54, 1.807) is 6.07 Å². The van der Waals surface area contributed by atoms with E-state index in [1.807, 2.05) is 14.0 Å². The molecule has 112 valence electrons. The van der Waals surface area contributed by atoms with Crippen molar-refractivity contribution in [3.63, 3.8) is 0 Å². The molecule has 0 aromatic heterocycles. The average Bonchev–Trinajstić information content (AvgIpc) is 2.49. The van der Waals surface area contributed by atoms with Crippen LogP contribution in [0.2, 0.25) is 0 Å². The van der Waals surface area contributed by atoms with Gasteiger partial charge in [-0.05, 0) is 42.6 Å². The normalized spacial score (nSPS) is 12.2. The quantitative estimate of drug-likeness (QED) is 0.866. The van der Waals surface area contributed by atoms with Crippen LogP contribution in [0.4, 0.5) is 4.39 Å². The van der Waals surface area contributed by atoms with E-state index in [0.29, 0.717) is 18.3 Å². The lowest BCUT2D eigenvalue weighted by Crippen LogP contribution is -2.14. The van der Waals surface area contributed by atoms with Gasteiger partial charge in [-0.2, -0.15) is 0 Å². The van der Waals surface area contributed by atoms with Crippen LogP contribution in [0.3, 0.4) is 0 Å². The predicted molar refractivity (Wildman–Crippen MR) is 84.3 cm³/mol. The van der Waals surface area contributed by atoms with Crippen LogP contribution in [-0.4, -0.2) is 13.6 Å². The number of nitrogens with one attached hydrogen (secondary N) is 1. The summed E-state index contributed by atoms with van der Waals surface area (Å²) in [6.45, 7) is 5.51.